The highest BCUT2D eigenvalue weighted by atomic mass is 35.5. The van der Waals surface area contributed by atoms with E-state index in [1.807, 2.05) is 12.1 Å². The Labute approximate surface area is 118 Å². The summed E-state index contributed by atoms with van der Waals surface area (Å²) in [5.74, 6) is 0. The Bertz CT molecular complexity index is 824. The summed E-state index contributed by atoms with van der Waals surface area (Å²) in [5, 5.41) is 11.3. The van der Waals surface area contributed by atoms with E-state index in [1.165, 1.54) is 10.9 Å². The number of rotatable bonds is 3. The lowest BCUT2D eigenvalue weighted by Gasteiger charge is -2.09. The topological polar surface area (TPSA) is 77.1 Å². The Balaban J connectivity index is 1.89. The molecule has 3 rings (SSSR count). The van der Waals surface area contributed by atoms with E-state index in [1.54, 1.807) is 24.0 Å². The van der Waals surface area contributed by atoms with Gasteiger partial charge in [-0.1, -0.05) is 11.6 Å². The molecule has 0 unspecified atom stereocenters. The first-order valence-electron chi connectivity index (χ1n) is 5.90. The molecule has 7 nitrogen and oxygen atoms in total. The van der Waals surface area contributed by atoms with Gasteiger partial charge in [-0.05, 0) is 6.07 Å². The molecular weight excluding hydrogens is 280 g/mol. The lowest BCUT2D eigenvalue weighted by atomic mass is 10.3. The number of anilines is 1. The highest BCUT2D eigenvalue weighted by Gasteiger charge is 2.08. The van der Waals surface area contributed by atoms with Crippen LogP contribution in [0.1, 0.15) is 5.69 Å². The van der Waals surface area contributed by atoms with Crippen LogP contribution < -0.4 is 10.9 Å². The molecule has 0 aliphatic carbocycles. The van der Waals surface area contributed by atoms with Gasteiger partial charge in [0.25, 0.3) is 5.56 Å². The number of hydrogen-bond donors (Lipinski definition) is 1. The number of nitrogens with one attached hydrogen (secondary N) is 1. The molecule has 0 saturated heterocycles. The van der Waals surface area contributed by atoms with Crippen LogP contribution in [0.15, 0.2) is 35.5 Å². The third kappa shape index (κ3) is 2.12. The van der Waals surface area contributed by atoms with Gasteiger partial charge in [-0.25, -0.2) is 14.2 Å². The molecule has 0 atom stereocenters. The van der Waals surface area contributed by atoms with Crippen LogP contribution in [0.5, 0.6) is 0 Å². The van der Waals surface area contributed by atoms with Gasteiger partial charge in [0.05, 0.1) is 30.3 Å². The van der Waals surface area contributed by atoms with E-state index in [0.29, 0.717) is 12.2 Å². The Morgan fingerprint density at radius 1 is 1.30 bits per heavy atom. The molecule has 0 saturated carbocycles. The highest BCUT2D eigenvalue weighted by molar-refractivity contribution is 6.32. The molecule has 3 aromatic heterocycles. The van der Waals surface area contributed by atoms with Gasteiger partial charge >= 0.3 is 0 Å². The van der Waals surface area contributed by atoms with Gasteiger partial charge in [0, 0.05) is 19.3 Å². The number of aromatic nitrogens is 5. The molecule has 3 aromatic rings. The molecule has 0 bridgehead atoms. The number of nitrogens with zero attached hydrogens (tertiary/aromatic N) is 5. The Hall–Kier alpha value is -2.41. The van der Waals surface area contributed by atoms with Gasteiger partial charge < -0.3 is 5.32 Å². The van der Waals surface area contributed by atoms with Crippen molar-refractivity contribution in [2.45, 2.75) is 6.54 Å². The standard InChI is InChI=1S/C12H11ClN6O/c1-18-12(20)11(13)9(7-17-18)15-6-8-2-4-14-10-3-5-16-19(8)10/h2-5,7,15H,6H2,1H3. The molecule has 0 spiro atoms. The predicted octanol–water partition coefficient (Wildman–Crippen LogP) is 1.09. The van der Waals surface area contributed by atoms with Gasteiger partial charge in [-0.15, -0.1) is 0 Å². The van der Waals surface area contributed by atoms with Crippen LogP contribution in [-0.2, 0) is 13.6 Å². The van der Waals surface area contributed by atoms with Gasteiger partial charge in [0.1, 0.15) is 5.02 Å². The fraction of sp³-hybridized carbons (Fsp3) is 0.167. The number of halogens is 1. The number of hydrogen-bond acceptors (Lipinski definition) is 5. The maximum Gasteiger partial charge on any atom is 0.287 e. The molecule has 0 aromatic carbocycles. The van der Waals surface area contributed by atoms with E-state index in [2.05, 4.69) is 20.5 Å². The average Bonchev–Trinajstić information content (AvgIpc) is 2.93. The van der Waals surface area contributed by atoms with Crippen molar-refractivity contribution < 1.29 is 0 Å². The molecule has 1 N–H and O–H groups in total. The number of aryl methyl sites for hydroxylation is 1. The zero-order chi connectivity index (χ0) is 14.1. The maximum atomic E-state index is 11.7. The summed E-state index contributed by atoms with van der Waals surface area (Å²) < 4.78 is 2.90. The fourth-order valence-electron chi connectivity index (χ4n) is 1.84. The fourth-order valence-corrected chi connectivity index (χ4v) is 2.08. The van der Waals surface area contributed by atoms with Crippen molar-refractivity contribution in [3.8, 4) is 0 Å². The lowest BCUT2D eigenvalue weighted by Crippen LogP contribution is -2.21. The Kier molecular flexibility index (Phi) is 3.11. The second-order valence-electron chi connectivity index (χ2n) is 4.19. The van der Waals surface area contributed by atoms with E-state index >= 15 is 0 Å². The third-order valence-electron chi connectivity index (χ3n) is 2.91. The van der Waals surface area contributed by atoms with Crippen LogP contribution in [0.3, 0.4) is 0 Å². The van der Waals surface area contributed by atoms with Crippen LogP contribution in [0.2, 0.25) is 5.02 Å². The van der Waals surface area contributed by atoms with Crippen molar-refractivity contribution in [1.82, 2.24) is 24.4 Å². The smallest absolute Gasteiger partial charge is 0.287 e. The molecular formula is C12H11ClN6O. The van der Waals surface area contributed by atoms with E-state index in [-0.39, 0.29) is 10.6 Å². The van der Waals surface area contributed by atoms with Crippen LogP contribution >= 0.6 is 11.6 Å². The molecule has 0 aliphatic heterocycles. The van der Waals surface area contributed by atoms with Crippen LogP contribution in [0, 0.1) is 0 Å². The van der Waals surface area contributed by atoms with Crippen molar-refractivity contribution in [2.75, 3.05) is 5.32 Å². The maximum absolute atomic E-state index is 11.7. The molecule has 0 amide bonds. The van der Waals surface area contributed by atoms with Gasteiger partial charge in [0.15, 0.2) is 5.65 Å². The zero-order valence-corrected chi connectivity index (χ0v) is 11.4. The van der Waals surface area contributed by atoms with E-state index in [9.17, 15) is 4.79 Å². The first-order valence-corrected chi connectivity index (χ1v) is 6.28. The highest BCUT2D eigenvalue weighted by Crippen LogP contribution is 2.16. The molecule has 3 heterocycles. The molecule has 20 heavy (non-hydrogen) atoms. The van der Waals surface area contributed by atoms with Crippen LogP contribution in [0.4, 0.5) is 5.69 Å². The van der Waals surface area contributed by atoms with Crippen LogP contribution in [-0.4, -0.2) is 24.4 Å². The van der Waals surface area contributed by atoms with E-state index in [4.69, 9.17) is 11.6 Å². The molecule has 0 aliphatic rings. The largest absolute Gasteiger partial charge is 0.377 e. The summed E-state index contributed by atoms with van der Waals surface area (Å²) in [6, 6.07) is 3.66. The second-order valence-corrected chi connectivity index (χ2v) is 4.57. The van der Waals surface area contributed by atoms with Gasteiger partial charge in [-0.2, -0.15) is 10.2 Å². The summed E-state index contributed by atoms with van der Waals surface area (Å²) in [4.78, 5) is 15.9. The SMILES string of the molecule is Cn1ncc(NCc2ccnc3ccnn23)c(Cl)c1=O. The molecule has 8 heteroatoms. The molecule has 102 valence electrons. The van der Waals surface area contributed by atoms with Crippen LogP contribution in [0.25, 0.3) is 5.65 Å². The predicted molar refractivity (Wildman–Crippen MR) is 74.8 cm³/mol. The third-order valence-corrected chi connectivity index (χ3v) is 3.27. The average molecular weight is 291 g/mol. The van der Waals surface area contributed by atoms with Crippen molar-refractivity contribution in [1.29, 1.82) is 0 Å². The quantitative estimate of drug-likeness (QED) is 0.781. The summed E-state index contributed by atoms with van der Waals surface area (Å²) in [6.07, 6.45) is 4.90. The van der Waals surface area contributed by atoms with Crippen molar-refractivity contribution in [2.24, 2.45) is 7.05 Å². The molecule has 0 radical (unpaired) electrons. The van der Waals surface area contributed by atoms with Crippen molar-refractivity contribution in [3.05, 3.63) is 51.8 Å². The van der Waals surface area contributed by atoms with Gasteiger partial charge in [-0.3, -0.25) is 4.79 Å². The Morgan fingerprint density at radius 3 is 3.00 bits per heavy atom. The van der Waals surface area contributed by atoms with E-state index < -0.39 is 0 Å². The lowest BCUT2D eigenvalue weighted by molar-refractivity contribution is 0.707. The summed E-state index contributed by atoms with van der Waals surface area (Å²) in [6.45, 7) is 0.454. The first kappa shape index (κ1) is 12.6. The summed E-state index contributed by atoms with van der Waals surface area (Å²) in [7, 11) is 1.55. The second kappa shape index (κ2) is 4.93. The Morgan fingerprint density at radius 2 is 2.15 bits per heavy atom. The van der Waals surface area contributed by atoms with Gasteiger partial charge in [0.2, 0.25) is 0 Å². The minimum atomic E-state index is -0.337. The monoisotopic (exact) mass is 290 g/mol. The number of fused-ring (bicyclic) bond motifs is 1. The van der Waals surface area contributed by atoms with Crippen molar-refractivity contribution in [3.63, 3.8) is 0 Å². The van der Waals surface area contributed by atoms with E-state index in [0.717, 1.165) is 11.3 Å². The van der Waals surface area contributed by atoms with Crippen molar-refractivity contribution >= 4 is 22.9 Å². The minimum Gasteiger partial charge on any atom is -0.377 e. The summed E-state index contributed by atoms with van der Waals surface area (Å²) >= 11 is 5.99. The zero-order valence-electron chi connectivity index (χ0n) is 10.6. The minimum absolute atomic E-state index is 0.119. The molecule has 0 fully saturated rings. The first-order chi connectivity index (χ1) is 9.66. The normalized spacial score (nSPS) is 10.9. The summed E-state index contributed by atoms with van der Waals surface area (Å²) in [5.41, 5.74) is 1.82.